The number of benzene rings is 1. The van der Waals surface area contributed by atoms with E-state index >= 15 is 0 Å². The molecule has 5 nitrogen and oxygen atoms in total. The SMILES string of the molecule is CC(NC(=O)c1ccc2nncn2c1)c1ccc(C(F)(F)F)cc1. The second kappa shape index (κ2) is 5.95. The first-order valence-electron chi connectivity index (χ1n) is 7.12. The van der Waals surface area contributed by atoms with Crippen molar-refractivity contribution in [2.24, 2.45) is 0 Å². The number of amides is 1. The summed E-state index contributed by atoms with van der Waals surface area (Å²) in [5.41, 5.74) is 0.882. The number of nitrogens with zero attached hydrogens (tertiary/aromatic N) is 3. The van der Waals surface area contributed by atoms with Crippen molar-refractivity contribution in [3.05, 3.63) is 65.6 Å². The van der Waals surface area contributed by atoms with E-state index in [1.807, 2.05) is 0 Å². The maximum absolute atomic E-state index is 12.6. The normalized spacial score (nSPS) is 13.0. The minimum absolute atomic E-state index is 0.335. The van der Waals surface area contributed by atoms with Crippen LogP contribution >= 0.6 is 0 Å². The molecule has 0 saturated heterocycles. The van der Waals surface area contributed by atoms with Crippen LogP contribution in [-0.2, 0) is 6.18 Å². The number of hydrogen-bond donors (Lipinski definition) is 1. The van der Waals surface area contributed by atoms with Gasteiger partial charge in [0, 0.05) is 6.20 Å². The molecule has 1 N–H and O–H groups in total. The van der Waals surface area contributed by atoms with E-state index in [1.54, 1.807) is 29.7 Å². The number of halogens is 3. The number of nitrogens with one attached hydrogen (secondary N) is 1. The average molecular weight is 334 g/mol. The molecule has 1 atom stereocenters. The highest BCUT2D eigenvalue weighted by molar-refractivity contribution is 5.94. The minimum Gasteiger partial charge on any atom is -0.345 e. The van der Waals surface area contributed by atoms with E-state index in [0.29, 0.717) is 16.8 Å². The van der Waals surface area contributed by atoms with Gasteiger partial charge in [-0.2, -0.15) is 13.2 Å². The molecule has 24 heavy (non-hydrogen) atoms. The lowest BCUT2D eigenvalue weighted by atomic mass is 10.1. The van der Waals surface area contributed by atoms with Gasteiger partial charge in [-0.15, -0.1) is 10.2 Å². The summed E-state index contributed by atoms with van der Waals surface area (Å²) in [4.78, 5) is 12.3. The third kappa shape index (κ3) is 3.22. The van der Waals surface area contributed by atoms with Crippen LogP contribution in [0.2, 0.25) is 0 Å². The summed E-state index contributed by atoms with van der Waals surface area (Å²) in [5.74, 6) is -0.335. The fraction of sp³-hybridized carbons (Fsp3) is 0.188. The Kier molecular flexibility index (Phi) is 3.96. The average Bonchev–Trinajstić information content (AvgIpc) is 3.01. The van der Waals surface area contributed by atoms with Crippen LogP contribution in [0.25, 0.3) is 5.65 Å². The molecule has 3 aromatic rings. The molecule has 1 unspecified atom stereocenters. The Labute approximate surface area is 135 Å². The van der Waals surface area contributed by atoms with E-state index in [9.17, 15) is 18.0 Å². The van der Waals surface area contributed by atoms with Gasteiger partial charge in [0.2, 0.25) is 0 Å². The molecule has 0 aliphatic rings. The summed E-state index contributed by atoms with van der Waals surface area (Å²) in [6.07, 6.45) is -1.31. The number of aromatic nitrogens is 3. The number of hydrogen-bond acceptors (Lipinski definition) is 3. The summed E-state index contributed by atoms with van der Waals surface area (Å²) < 4.78 is 39.3. The quantitative estimate of drug-likeness (QED) is 0.800. The fourth-order valence-electron chi connectivity index (χ4n) is 2.29. The van der Waals surface area contributed by atoms with Crippen molar-refractivity contribution in [2.45, 2.75) is 19.1 Å². The van der Waals surface area contributed by atoms with Crippen molar-refractivity contribution in [3.8, 4) is 0 Å². The maximum Gasteiger partial charge on any atom is 0.416 e. The zero-order valence-electron chi connectivity index (χ0n) is 12.6. The lowest BCUT2D eigenvalue weighted by molar-refractivity contribution is -0.137. The summed E-state index contributed by atoms with van der Waals surface area (Å²) in [7, 11) is 0. The third-order valence-corrected chi connectivity index (χ3v) is 3.64. The fourth-order valence-corrected chi connectivity index (χ4v) is 2.29. The van der Waals surface area contributed by atoms with Crippen molar-refractivity contribution in [1.29, 1.82) is 0 Å². The van der Waals surface area contributed by atoms with E-state index in [0.717, 1.165) is 12.1 Å². The van der Waals surface area contributed by atoms with Gasteiger partial charge >= 0.3 is 6.18 Å². The van der Waals surface area contributed by atoms with Gasteiger partial charge in [-0.05, 0) is 36.8 Å². The second-order valence-electron chi connectivity index (χ2n) is 5.33. The van der Waals surface area contributed by atoms with Crippen LogP contribution in [0.4, 0.5) is 13.2 Å². The van der Waals surface area contributed by atoms with E-state index in [4.69, 9.17) is 0 Å². The summed E-state index contributed by atoms with van der Waals surface area (Å²) in [6.45, 7) is 1.71. The molecule has 0 saturated carbocycles. The number of carbonyl (C=O) groups is 1. The Bertz CT molecular complexity index is 871. The van der Waals surface area contributed by atoms with Crippen molar-refractivity contribution in [1.82, 2.24) is 19.9 Å². The zero-order valence-corrected chi connectivity index (χ0v) is 12.6. The zero-order chi connectivity index (χ0) is 17.3. The van der Waals surface area contributed by atoms with Gasteiger partial charge in [0.25, 0.3) is 5.91 Å². The van der Waals surface area contributed by atoms with Gasteiger partial charge in [-0.25, -0.2) is 0 Å². The van der Waals surface area contributed by atoms with Gasteiger partial charge < -0.3 is 5.32 Å². The number of fused-ring (bicyclic) bond motifs is 1. The first kappa shape index (κ1) is 16.0. The number of rotatable bonds is 3. The molecule has 0 fully saturated rings. The van der Waals surface area contributed by atoms with E-state index in [2.05, 4.69) is 15.5 Å². The monoisotopic (exact) mass is 334 g/mol. The molecule has 2 aromatic heterocycles. The lowest BCUT2D eigenvalue weighted by Crippen LogP contribution is -2.26. The molecule has 0 aliphatic carbocycles. The van der Waals surface area contributed by atoms with Crippen molar-refractivity contribution >= 4 is 11.6 Å². The van der Waals surface area contributed by atoms with E-state index in [-0.39, 0.29) is 5.91 Å². The van der Waals surface area contributed by atoms with Crippen LogP contribution in [0.3, 0.4) is 0 Å². The third-order valence-electron chi connectivity index (χ3n) is 3.64. The van der Waals surface area contributed by atoms with E-state index < -0.39 is 17.8 Å². The lowest BCUT2D eigenvalue weighted by Gasteiger charge is -2.15. The van der Waals surface area contributed by atoms with Crippen LogP contribution < -0.4 is 5.32 Å². The Morgan fingerprint density at radius 1 is 1.17 bits per heavy atom. The van der Waals surface area contributed by atoms with Crippen LogP contribution in [0, 0.1) is 0 Å². The summed E-state index contributed by atoms with van der Waals surface area (Å²) in [6, 6.07) is 7.55. The van der Waals surface area contributed by atoms with Gasteiger partial charge in [-0.1, -0.05) is 12.1 Å². The number of pyridine rings is 1. The standard InChI is InChI=1S/C16H13F3N4O/c1-10(11-2-5-13(6-3-11)16(17,18)19)21-15(24)12-4-7-14-22-20-9-23(14)8-12/h2-10H,1H3,(H,21,24). The first-order chi connectivity index (χ1) is 11.3. The Morgan fingerprint density at radius 3 is 2.54 bits per heavy atom. The largest absolute Gasteiger partial charge is 0.416 e. The molecular weight excluding hydrogens is 321 g/mol. The maximum atomic E-state index is 12.6. The van der Waals surface area contributed by atoms with Crippen molar-refractivity contribution in [2.75, 3.05) is 0 Å². The topological polar surface area (TPSA) is 59.3 Å². The minimum atomic E-state index is -4.38. The number of carbonyl (C=O) groups excluding carboxylic acids is 1. The molecule has 1 amide bonds. The summed E-state index contributed by atoms with van der Waals surface area (Å²) >= 11 is 0. The van der Waals surface area contributed by atoms with E-state index in [1.165, 1.54) is 18.5 Å². The smallest absolute Gasteiger partial charge is 0.345 e. The predicted octanol–water partition coefficient (Wildman–Crippen LogP) is 3.24. The highest BCUT2D eigenvalue weighted by Crippen LogP contribution is 2.29. The molecular formula is C16H13F3N4O. The highest BCUT2D eigenvalue weighted by Gasteiger charge is 2.30. The molecule has 3 rings (SSSR count). The van der Waals surface area contributed by atoms with Crippen LogP contribution in [0.15, 0.2) is 48.9 Å². The Balaban J connectivity index is 1.73. The molecule has 2 heterocycles. The van der Waals surface area contributed by atoms with Crippen molar-refractivity contribution in [3.63, 3.8) is 0 Å². The predicted molar refractivity (Wildman–Crippen MR) is 80.3 cm³/mol. The van der Waals surface area contributed by atoms with Crippen molar-refractivity contribution < 1.29 is 18.0 Å². The first-order valence-corrected chi connectivity index (χ1v) is 7.12. The number of alkyl halides is 3. The molecule has 0 radical (unpaired) electrons. The van der Waals surface area contributed by atoms with Crippen LogP contribution in [-0.4, -0.2) is 20.5 Å². The molecule has 0 bridgehead atoms. The molecule has 8 heteroatoms. The summed E-state index contributed by atoms with van der Waals surface area (Å²) in [5, 5.41) is 10.3. The molecule has 1 aromatic carbocycles. The molecule has 0 aliphatic heterocycles. The van der Waals surface area contributed by atoms with Crippen LogP contribution in [0.1, 0.15) is 34.5 Å². The highest BCUT2D eigenvalue weighted by atomic mass is 19.4. The molecule has 0 spiro atoms. The Morgan fingerprint density at radius 2 is 1.88 bits per heavy atom. The molecule has 124 valence electrons. The van der Waals surface area contributed by atoms with Gasteiger partial charge in [0.05, 0.1) is 17.2 Å². The second-order valence-corrected chi connectivity index (χ2v) is 5.33. The van der Waals surface area contributed by atoms with Gasteiger partial charge in [-0.3, -0.25) is 9.20 Å². The van der Waals surface area contributed by atoms with Gasteiger partial charge in [0.1, 0.15) is 6.33 Å². The Hall–Kier alpha value is -2.90. The van der Waals surface area contributed by atoms with Crippen LogP contribution in [0.5, 0.6) is 0 Å². The van der Waals surface area contributed by atoms with Gasteiger partial charge in [0.15, 0.2) is 5.65 Å².